The smallest absolute Gasteiger partial charge is 0.279 e. The number of hydrogen-bond donors (Lipinski definition) is 3. The maximum absolute atomic E-state index is 11.8. The molecule has 1 heterocycles. The first-order valence-corrected chi connectivity index (χ1v) is 6.21. The number of nitrogens with two attached hydrogens (primary N) is 1. The molecule has 0 bridgehead atoms. The Morgan fingerprint density at radius 1 is 1.59 bits per heavy atom. The first-order chi connectivity index (χ1) is 8.19. The summed E-state index contributed by atoms with van der Waals surface area (Å²) in [6.07, 6.45) is 0. The zero-order chi connectivity index (χ0) is 12.3. The van der Waals surface area contributed by atoms with Gasteiger partial charge >= 0.3 is 0 Å². The van der Waals surface area contributed by atoms with Crippen molar-refractivity contribution in [2.45, 2.75) is 12.6 Å². The highest BCUT2D eigenvalue weighted by Crippen LogP contribution is 2.15. The van der Waals surface area contributed by atoms with E-state index in [0.717, 1.165) is 17.3 Å². The van der Waals surface area contributed by atoms with Crippen molar-refractivity contribution in [1.82, 2.24) is 5.32 Å². The molecule has 6 heteroatoms. The summed E-state index contributed by atoms with van der Waals surface area (Å²) in [6, 6.07) is 6.89. The van der Waals surface area contributed by atoms with Crippen LogP contribution < -0.4 is 16.4 Å². The van der Waals surface area contributed by atoms with Gasteiger partial charge in [-0.1, -0.05) is 23.9 Å². The second-order valence-corrected chi connectivity index (χ2v) is 4.68. The van der Waals surface area contributed by atoms with Gasteiger partial charge in [0, 0.05) is 18.0 Å². The normalized spacial score (nSPS) is 18.9. The van der Waals surface area contributed by atoms with Crippen LogP contribution in [-0.4, -0.2) is 22.9 Å². The number of rotatable bonds is 3. The minimum Gasteiger partial charge on any atom is -0.334 e. The van der Waals surface area contributed by atoms with Gasteiger partial charge in [0.05, 0.1) is 0 Å². The van der Waals surface area contributed by atoms with Crippen LogP contribution in [-0.2, 0) is 11.3 Å². The molecule has 1 aliphatic rings. The van der Waals surface area contributed by atoms with Crippen molar-refractivity contribution in [1.29, 1.82) is 0 Å². The van der Waals surface area contributed by atoms with Gasteiger partial charge in [0.1, 0.15) is 6.04 Å². The van der Waals surface area contributed by atoms with Gasteiger partial charge in [-0.3, -0.25) is 9.59 Å². The quantitative estimate of drug-likeness (QED) is 0.745. The summed E-state index contributed by atoms with van der Waals surface area (Å²) in [5.74, 6) is 0.277. The molecule has 1 atom stereocenters. The van der Waals surface area contributed by atoms with Crippen molar-refractivity contribution in [3.63, 3.8) is 0 Å². The second-order valence-electron chi connectivity index (χ2n) is 3.69. The monoisotopic (exact) mass is 251 g/mol. The van der Waals surface area contributed by atoms with Crippen LogP contribution in [0.5, 0.6) is 0 Å². The van der Waals surface area contributed by atoms with Crippen molar-refractivity contribution in [3.05, 3.63) is 29.8 Å². The van der Waals surface area contributed by atoms with E-state index in [0.29, 0.717) is 18.0 Å². The van der Waals surface area contributed by atoms with Gasteiger partial charge < -0.3 is 16.4 Å². The number of nitrogens with one attached hydrogen (secondary N) is 2. The summed E-state index contributed by atoms with van der Waals surface area (Å²) in [4.78, 5) is 22.8. The molecule has 1 aromatic rings. The molecule has 1 saturated heterocycles. The third-order valence-corrected chi connectivity index (χ3v) is 3.30. The number of anilines is 1. The Morgan fingerprint density at radius 3 is 3.06 bits per heavy atom. The van der Waals surface area contributed by atoms with Crippen LogP contribution >= 0.6 is 11.8 Å². The number of amides is 2. The van der Waals surface area contributed by atoms with Crippen LogP contribution in [0.15, 0.2) is 24.3 Å². The van der Waals surface area contributed by atoms with Gasteiger partial charge in [0.25, 0.3) is 5.24 Å². The van der Waals surface area contributed by atoms with E-state index in [2.05, 4.69) is 10.6 Å². The number of hydrogen-bond acceptors (Lipinski definition) is 4. The van der Waals surface area contributed by atoms with Gasteiger partial charge in [-0.15, -0.1) is 0 Å². The lowest BCUT2D eigenvalue weighted by atomic mass is 10.2. The molecule has 2 amide bonds. The molecule has 0 aromatic heterocycles. The summed E-state index contributed by atoms with van der Waals surface area (Å²) in [5, 5.41) is 5.19. The van der Waals surface area contributed by atoms with Gasteiger partial charge in [-0.05, 0) is 17.7 Å². The molecule has 0 saturated carbocycles. The predicted molar refractivity (Wildman–Crippen MR) is 67.7 cm³/mol. The lowest BCUT2D eigenvalue weighted by molar-refractivity contribution is -0.117. The first-order valence-electron chi connectivity index (χ1n) is 5.22. The zero-order valence-electron chi connectivity index (χ0n) is 9.10. The summed E-state index contributed by atoms with van der Waals surface area (Å²) in [7, 11) is 0. The average molecular weight is 251 g/mol. The van der Waals surface area contributed by atoms with E-state index in [4.69, 9.17) is 5.73 Å². The fraction of sp³-hybridized carbons (Fsp3) is 0.273. The molecule has 0 aliphatic carbocycles. The minimum atomic E-state index is -0.450. The van der Waals surface area contributed by atoms with Gasteiger partial charge in [-0.25, -0.2) is 0 Å². The fourth-order valence-corrected chi connectivity index (χ4v) is 2.31. The Balaban J connectivity index is 2.00. The van der Waals surface area contributed by atoms with Gasteiger partial charge in [0.15, 0.2) is 0 Å². The van der Waals surface area contributed by atoms with E-state index >= 15 is 0 Å². The Kier molecular flexibility index (Phi) is 3.65. The first kappa shape index (κ1) is 11.9. The maximum Gasteiger partial charge on any atom is 0.279 e. The Hall–Kier alpha value is -1.53. The van der Waals surface area contributed by atoms with Crippen LogP contribution in [0.3, 0.4) is 0 Å². The Bertz CT molecular complexity index is 450. The van der Waals surface area contributed by atoms with Crippen molar-refractivity contribution in [3.8, 4) is 0 Å². The highest BCUT2D eigenvalue weighted by atomic mass is 32.2. The second kappa shape index (κ2) is 5.20. The molecule has 2 rings (SSSR count). The summed E-state index contributed by atoms with van der Waals surface area (Å²) in [5.41, 5.74) is 7.17. The summed E-state index contributed by atoms with van der Waals surface area (Å²) < 4.78 is 0. The molecule has 90 valence electrons. The summed E-state index contributed by atoms with van der Waals surface area (Å²) in [6.45, 7) is 0.430. The lowest BCUT2D eigenvalue weighted by Crippen LogP contribution is -2.38. The van der Waals surface area contributed by atoms with Crippen molar-refractivity contribution >= 4 is 28.6 Å². The van der Waals surface area contributed by atoms with E-state index < -0.39 is 6.04 Å². The van der Waals surface area contributed by atoms with Crippen LogP contribution in [0.2, 0.25) is 0 Å². The van der Waals surface area contributed by atoms with Gasteiger partial charge in [-0.2, -0.15) is 0 Å². The summed E-state index contributed by atoms with van der Waals surface area (Å²) >= 11 is 1.12. The highest BCUT2D eigenvalue weighted by Gasteiger charge is 2.27. The van der Waals surface area contributed by atoms with E-state index in [1.807, 2.05) is 18.2 Å². The van der Waals surface area contributed by atoms with Gasteiger partial charge in [0.2, 0.25) is 5.91 Å². The molecule has 1 unspecified atom stereocenters. The molecule has 1 aromatic carbocycles. The minimum absolute atomic E-state index is 0.152. The average Bonchev–Trinajstić information content (AvgIpc) is 2.76. The highest BCUT2D eigenvalue weighted by molar-refractivity contribution is 8.14. The molecule has 5 nitrogen and oxygen atoms in total. The van der Waals surface area contributed by atoms with Crippen LogP contribution in [0, 0.1) is 0 Å². The van der Waals surface area contributed by atoms with E-state index in [-0.39, 0.29) is 11.1 Å². The van der Waals surface area contributed by atoms with Crippen molar-refractivity contribution in [2.24, 2.45) is 5.73 Å². The molecule has 0 spiro atoms. The molecule has 1 aliphatic heterocycles. The standard InChI is InChI=1S/C11H13N3O2S/c12-5-7-2-1-3-8(4-7)13-10(15)9-6-17-11(16)14-9/h1-4,9H,5-6,12H2,(H,13,15)(H,14,16). The van der Waals surface area contributed by atoms with Crippen LogP contribution in [0.4, 0.5) is 10.5 Å². The Labute approximate surface area is 103 Å². The van der Waals surface area contributed by atoms with E-state index in [1.165, 1.54) is 0 Å². The SMILES string of the molecule is NCc1cccc(NC(=O)C2CSC(=O)N2)c1. The third kappa shape index (κ3) is 2.98. The number of thioether (sulfide) groups is 1. The van der Waals surface area contributed by atoms with Crippen molar-refractivity contribution < 1.29 is 9.59 Å². The topological polar surface area (TPSA) is 84.2 Å². The maximum atomic E-state index is 11.8. The fourth-order valence-electron chi connectivity index (χ4n) is 1.53. The molecule has 4 N–H and O–H groups in total. The number of benzene rings is 1. The van der Waals surface area contributed by atoms with E-state index in [1.54, 1.807) is 6.07 Å². The Morgan fingerprint density at radius 2 is 2.41 bits per heavy atom. The molecule has 17 heavy (non-hydrogen) atoms. The third-order valence-electron chi connectivity index (χ3n) is 2.42. The van der Waals surface area contributed by atoms with E-state index in [9.17, 15) is 9.59 Å². The van der Waals surface area contributed by atoms with Crippen molar-refractivity contribution in [2.75, 3.05) is 11.1 Å². The number of carbonyl (C=O) groups excluding carboxylic acids is 2. The lowest BCUT2D eigenvalue weighted by Gasteiger charge is -2.10. The zero-order valence-corrected chi connectivity index (χ0v) is 9.92. The number of carbonyl (C=O) groups is 2. The molecule has 1 fully saturated rings. The largest absolute Gasteiger partial charge is 0.334 e. The molecular formula is C11H13N3O2S. The van der Waals surface area contributed by atoms with Crippen LogP contribution in [0.25, 0.3) is 0 Å². The molecule has 0 radical (unpaired) electrons. The molecular weight excluding hydrogens is 238 g/mol. The van der Waals surface area contributed by atoms with Crippen LogP contribution in [0.1, 0.15) is 5.56 Å². The predicted octanol–water partition coefficient (Wildman–Crippen LogP) is 0.909.